The third kappa shape index (κ3) is 4.31. The number of aliphatic carboxylic acids is 1. The van der Waals surface area contributed by atoms with E-state index in [9.17, 15) is 4.79 Å². The lowest BCUT2D eigenvalue weighted by molar-refractivity contribution is -0.137. The molecular formula is C14H21NO5. The molecule has 0 aliphatic rings. The van der Waals surface area contributed by atoms with E-state index in [0.717, 1.165) is 5.56 Å². The summed E-state index contributed by atoms with van der Waals surface area (Å²) in [7, 11) is 4.67. The number of carboxylic acid groups (broad SMARTS) is 1. The van der Waals surface area contributed by atoms with E-state index in [1.54, 1.807) is 33.5 Å². The molecule has 112 valence electrons. The highest BCUT2D eigenvalue weighted by molar-refractivity contribution is 5.66. The third-order valence-electron chi connectivity index (χ3n) is 3.01. The number of rotatable bonds is 8. The fraction of sp³-hybridized carbons (Fsp3) is 0.500. The van der Waals surface area contributed by atoms with Crippen molar-refractivity contribution < 1.29 is 24.1 Å². The molecule has 20 heavy (non-hydrogen) atoms. The highest BCUT2D eigenvalue weighted by Crippen LogP contribution is 2.35. The standard InChI is InChI=1S/C14H21NO5/c1-18-10-7-12(19-2)11(13(8-10)20-3)6-9(15)4-5-14(16)17/h7-9H,4-6,15H2,1-3H3,(H,16,17). The summed E-state index contributed by atoms with van der Waals surface area (Å²) < 4.78 is 15.8. The number of ether oxygens (including phenoxy) is 3. The van der Waals surface area contributed by atoms with E-state index < -0.39 is 5.97 Å². The highest BCUT2D eigenvalue weighted by Gasteiger charge is 2.17. The van der Waals surface area contributed by atoms with Gasteiger partial charge in [0.05, 0.1) is 21.3 Å². The number of benzene rings is 1. The summed E-state index contributed by atoms with van der Waals surface area (Å²) in [5, 5.41) is 8.68. The van der Waals surface area contributed by atoms with Gasteiger partial charge in [-0.1, -0.05) is 0 Å². The number of carbonyl (C=O) groups is 1. The lowest BCUT2D eigenvalue weighted by Crippen LogP contribution is -2.24. The number of nitrogens with two attached hydrogens (primary N) is 1. The van der Waals surface area contributed by atoms with Crippen LogP contribution in [0.1, 0.15) is 18.4 Å². The fourth-order valence-corrected chi connectivity index (χ4v) is 1.95. The van der Waals surface area contributed by atoms with Gasteiger partial charge in [-0.25, -0.2) is 0 Å². The van der Waals surface area contributed by atoms with E-state index in [4.69, 9.17) is 25.1 Å². The monoisotopic (exact) mass is 283 g/mol. The molecule has 1 rings (SSSR count). The second-order valence-corrected chi connectivity index (χ2v) is 4.41. The summed E-state index contributed by atoms with van der Waals surface area (Å²) in [5.41, 5.74) is 6.78. The molecule has 0 radical (unpaired) electrons. The SMILES string of the molecule is COc1cc(OC)c(CC(N)CCC(=O)O)c(OC)c1. The van der Waals surface area contributed by atoms with Gasteiger partial charge in [0.1, 0.15) is 17.2 Å². The molecule has 0 amide bonds. The van der Waals surface area contributed by atoms with Crippen LogP contribution >= 0.6 is 0 Å². The predicted molar refractivity (Wildman–Crippen MR) is 74.6 cm³/mol. The van der Waals surface area contributed by atoms with Crippen LogP contribution in [0.3, 0.4) is 0 Å². The maximum absolute atomic E-state index is 10.6. The Morgan fingerprint density at radius 2 is 1.75 bits per heavy atom. The first-order chi connectivity index (χ1) is 9.51. The minimum Gasteiger partial charge on any atom is -0.496 e. The van der Waals surface area contributed by atoms with E-state index in [1.165, 1.54) is 0 Å². The molecule has 0 saturated carbocycles. The van der Waals surface area contributed by atoms with Crippen LogP contribution < -0.4 is 19.9 Å². The van der Waals surface area contributed by atoms with Crippen LogP contribution in [0.4, 0.5) is 0 Å². The molecule has 0 aromatic heterocycles. The number of carboxylic acids is 1. The molecular weight excluding hydrogens is 262 g/mol. The molecule has 0 heterocycles. The van der Waals surface area contributed by atoms with Crippen LogP contribution in [0, 0.1) is 0 Å². The van der Waals surface area contributed by atoms with Crippen molar-refractivity contribution in [3.8, 4) is 17.2 Å². The Labute approximate surface area is 118 Å². The van der Waals surface area contributed by atoms with Gasteiger partial charge in [0.2, 0.25) is 0 Å². The van der Waals surface area contributed by atoms with Crippen molar-refractivity contribution in [1.29, 1.82) is 0 Å². The van der Waals surface area contributed by atoms with E-state index in [1.807, 2.05) is 0 Å². The van der Waals surface area contributed by atoms with Crippen LogP contribution in [0.25, 0.3) is 0 Å². The summed E-state index contributed by atoms with van der Waals surface area (Å²) >= 11 is 0. The molecule has 0 bridgehead atoms. The average molecular weight is 283 g/mol. The summed E-state index contributed by atoms with van der Waals surface area (Å²) in [4.78, 5) is 10.6. The second-order valence-electron chi connectivity index (χ2n) is 4.41. The van der Waals surface area contributed by atoms with Crippen LogP contribution in [0.15, 0.2) is 12.1 Å². The largest absolute Gasteiger partial charge is 0.496 e. The smallest absolute Gasteiger partial charge is 0.303 e. The van der Waals surface area contributed by atoms with Crippen LogP contribution in [-0.2, 0) is 11.2 Å². The minimum absolute atomic E-state index is 0.0436. The number of hydrogen-bond donors (Lipinski definition) is 2. The fourth-order valence-electron chi connectivity index (χ4n) is 1.95. The molecule has 0 saturated heterocycles. The van der Waals surface area contributed by atoms with Gasteiger partial charge >= 0.3 is 5.97 Å². The maximum Gasteiger partial charge on any atom is 0.303 e. The van der Waals surface area contributed by atoms with Gasteiger partial charge in [-0.2, -0.15) is 0 Å². The molecule has 0 spiro atoms. The third-order valence-corrected chi connectivity index (χ3v) is 3.01. The molecule has 0 aliphatic heterocycles. The maximum atomic E-state index is 10.6. The Kier molecular flexibility index (Phi) is 6.11. The lowest BCUT2D eigenvalue weighted by atomic mass is 10.0. The van der Waals surface area contributed by atoms with Gasteiger partial charge < -0.3 is 25.1 Å². The van der Waals surface area contributed by atoms with Crippen molar-refractivity contribution in [2.75, 3.05) is 21.3 Å². The van der Waals surface area contributed by atoms with E-state index in [-0.39, 0.29) is 12.5 Å². The van der Waals surface area contributed by atoms with Crippen molar-refractivity contribution in [1.82, 2.24) is 0 Å². The Bertz CT molecular complexity index is 436. The van der Waals surface area contributed by atoms with Gasteiger partial charge in [0.25, 0.3) is 0 Å². The number of methoxy groups -OCH3 is 3. The zero-order chi connectivity index (χ0) is 15.1. The minimum atomic E-state index is -0.853. The molecule has 1 unspecified atom stereocenters. The topological polar surface area (TPSA) is 91.0 Å². The van der Waals surface area contributed by atoms with Crippen molar-refractivity contribution in [2.24, 2.45) is 5.73 Å². The van der Waals surface area contributed by atoms with Crippen molar-refractivity contribution in [3.63, 3.8) is 0 Å². The first-order valence-electron chi connectivity index (χ1n) is 6.28. The average Bonchev–Trinajstić information content (AvgIpc) is 2.45. The van der Waals surface area contributed by atoms with E-state index in [0.29, 0.717) is 30.1 Å². The molecule has 1 aromatic rings. The molecule has 0 fully saturated rings. The number of hydrogen-bond acceptors (Lipinski definition) is 5. The quantitative estimate of drug-likeness (QED) is 0.750. The predicted octanol–water partition coefficient (Wildman–Crippen LogP) is 1.45. The summed E-state index contributed by atoms with van der Waals surface area (Å²) in [6, 6.07) is 3.23. The van der Waals surface area contributed by atoms with Gasteiger partial charge in [-0.15, -0.1) is 0 Å². The molecule has 6 nitrogen and oxygen atoms in total. The van der Waals surface area contributed by atoms with Crippen LogP contribution in [0.5, 0.6) is 17.2 Å². The molecule has 1 atom stereocenters. The van der Waals surface area contributed by atoms with Gasteiger partial charge in [0.15, 0.2) is 0 Å². The highest BCUT2D eigenvalue weighted by atomic mass is 16.5. The van der Waals surface area contributed by atoms with Crippen molar-refractivity contribution in [2.45, 2.75) is 25.3 Å². The Hall–Kier alpha value is -1.95. The summed E-state index contributed by atoms with van der Waals surface area (Å²) in [6.45, 7) is 0. The van der Waals surface area contributed by atoms with Crippen molar-refractivity contribution >= 4 is 5.97 Å². The Balaban J connectivity index is 2.94. The Morgan fingerprint density at radius 1 is 1.20 bits per heavy atom. The van der Waals surface area contributed by atoms with Crippen LogP contribution in [-0.4, -0.2) is 38.4 Å². The molecule has 0 aliphatic carbocycles. The van der Waals surface area contributed by atoms with Crippen LogP contribution in [0.2, 0.25) is 0 Å². The zero-order valence-corrected chi connectivity index (χ0v) is 12.0. The van der Waals surface area contributed by atoms with Crippen molar-refractivity contribution in [3.05, 3.63) is 17.7 Å². The summed E-state index contributed by atoms with van der Waals surface area (Å²) in [6.07, 6.45) is 0.916. The summed E-state index contributed by atoms with van der Waals surface area (Å²) in [5.74, 6) is 1.01. The first-order valence-corrected chi connectivity index (χ1v) is 6.28. The zero-order valence-electron chi connectivity index (χ0n) is 12.0. The van der Waals surface area contributed by atoms with Gasteiger partial charge in [-0.05, 0) is 12.8 Å². The van der Waals surface area contributed by atoms with E-state index in [2.05, 4.69) is 0 Å². The molecule has 6 heteroatoms. The van der Waals surface area contributed by atoms with E-state index >= 15 is 0 Å². The normalized spacial score (nSPS) is 11.8. The lowest BCUT2D eigenvalue weighted by Gasteiger charge is -2.17. The van der Waals surface area contributed by atoms with Gasteiger partial charge in [0, 0.05) is 30.2 Å². The van der Waals surface area contributed by atoms with Gasteiger partial charge in [-0.3, -0.25) is 4.79 Å². The molecule has 3 N–H and O–H groups in total. The Morgan fingerprint density at radius 3 is 2.15 bits per heavy atom. The first kappa shape index (κ1) is 16.1. The second kappa shape index (κ2) is 7.59. The molecule has 1 aromatic carbocycles.